The van der Waals surface area contributed by atoms with E-state index in [2.05, 4.69) is 5.32 Å². The number of halogens is 2. The van der Waals surface area contributed by atoms with Gasteiger partial charge in [-0.05, 0) is 49.2 Å². The maximum Gasteiger partial charge on any atom is 0.255 e. The van der Waals surface area contributed by atoms with Crippen molar-refractivity contribution in [2.45, 2.75) is 18.9 Å². The molecule has 1 heterocycles. The third-order valence-electron chi connectivity index (χ3n) is 4.38. The van der Waals surface area contributed by atoms with Crippen molar-refractivity contribution in [1.29, 1.82) is 0 Å². The van der Waals surface area contributed by atoms with Crippen molar-refractivity contribution in [3.05, 3.63) is 63.6 Å². The van der Waals surface area contributed by atoms with E-state index >= 15 is 0 Å². The molecule has 0 spiro atoms. The number of carbonyl (C=O) groups excluding carboxylic acids is 2. The number of likely N-dealkylation sites (tertiary alicyclic amines) is 1. The topological polar surface area (TPSA) is 69.6 Å². The fourth-order valence-electron chi connectivity index (χ4n) is 2.97. The van der Waals surface area contributed by atoms with E-state index in [1.54, 1.807) is 35.2 Å². The van der Waals surface area contributed by atoms with Crippen LogP contribution in [0.5, 0.6) is 5.75 Å². The van der Waals surface area contributed by atoms with Crippen LogP contribution in [-0.4, -0.2) is 41.0 Å². The van der Waals surface area contributed by atoms with Gasteiger partial charge in [0.05, 0.1) is 10.6 Å². The summed E-state index contributed by atoms with van der Waals surface area (Å²) in [5.41, 5.74) is 0.802. The molecule has 2 N–H and O–H groups in total. The van der Waals surface area contributed by atoms with Gasteiger partial charge in [0.25, 0.3) is 11.8 Å². The summed E-state index contributed by atoms with van der Waals surface area (Å²) in [6.45, 7) is 1.04. The molecule has 0 saturated carbocycles. The fourth-order valence-corrected chi connectivity index (χ4v) is 3.35. The second-order valence-corrected chi connectivity index (χ2v) is 7.06. The van der Waals surface area contributed by atoms with Crippen LogP contribution in [0, 0.1) is 0 Å². The maximum atomic E-state index is 12.6. The highest BCUT2D eigenvalue weighted by atomic mass is 35.5. The van der Waals surface area contributed by atoms with Crippen molar-refractivity contribution in [2.75, 3.05) is 13.1 Å². The highest BCUT2D eigenvalue weighted by Crippen LogP contribution is 2.24. The first kappa shape index (κ1) is 18.5. The lowest BCUT2D eigenvalue weighted by Crippen LogP contribution is -2.46. The Balaban J connectivity index is 1.58. The Morgan fingerprint density at radius 2 is 1.81 bits per heavy atom. The Morgan fingerprint density at radius 3 is 2.50 bits per heavy atom. The molecule has 7 heteroatoms. The van der Waals surface area contributed by atoms with Crippen LogP contribution in [-0.2, 0) is 0 Å². The van der Waals surface area contributed by atoms with Gasteiger partial charge in [-0.3, -0.25) is 9.59 Å². The fraction of sp³-hybridized carbons (Fsp3) is 0.263. The molecule has 26 heavy (non-hydrogen) atoms. The number of rotatable bonds is 3. The number of amides is 2. The number of nitrogens with zero attached hydrogens (tertiary/aromatic N) is 1. The van der Waals surface area contributed by atoms with Crippen LogP contribution >= 0.6 is 23.2 Å². The number of phenolic OH excluding ortho intramolecular Hbond substituents is 1. The summed E-state index contributed by atoms with van der Waals surface area (Å²) < 4.78 is 0. The number of hydrogen-bond donors (Lipinski definition) is 2. The molecule has 1 fully saturated rings. The summed E-state index contributed by atoms with van der Waals surface area (Å²) >= 11 is 12.1. The molecule has 2 aromatic carbocycles. The molecule has 2 aromatic rings. The lowest BCUT2D eigenvalue weighted by atomic mass is 10.0. The Kier molecular flexibility index (Phi) is 5.69. The van der Waals surface area contributed by atoms with Gasteiger partial charge in [0, 0.05) is 29.7 Å². The normalized spacial score (nSPS) is 14.9. The number of benzene rings is 2. The summed E-state index contributed by atoms with van der Waals surface area (Å²) in [5.74, 6) is -0.338. The number of piperidine rings is 1. The van der Waals surface area contributed by atoms with E-state index < -0.39 is 0 Å². The van der Waals surface area contributed by atoms with Gasteiger partial charge in [-0.15, -0.1) is 0 Å². The molecule has 1 aliphatic rings. The highest BCUT2D eigenvalue weighted by molar-refractivity contribution is 6.35. The Morgan fingerprint density at radius 1 is 1.08 bits per heavy atom. The first-order valence-corrected chi connectivity index (χ1v) is 9.04. The minimum atomic E-state index is -0.233. The summed E-state index contributed by atoms with van der Waals surface area (Å²) in [6, 6.07) is 11.0. The predicted molar refractivity (Wildman–Crippen MR) is 101 cm³/mol. The molecule has 5 nitrogen and oxygen atoms in total. The van der Waals surface area contributed by atoms with Crippen molar-refractivity contribution in [3.63, 3.8) is 0 Å². The van der Waals surface area contributed by atoms with Crippen LogP contribution in [0.2, 0.25) is 10.0 Å². The average Bonchev–Trinajstić information content (AvgIpc) is 2.64. The predicted octanol–water partition coefficient (Wildman–Crippen LogP) is 3.73. The van der Waals surface area contributed by atoms with Crippen molar-refractivity contribution in [1.82, 2.24) is 10.2 Å². The van der Waals surface area contributed by atoms with Gasteiger partial charge in [-0.2, -0.15) is 0 Å². The lowest BCUT2D eigenvalue weighted by molar-refractivity contribution is 0.0698. The van der Waals surface area contributed by atoms with E-state index in [0.717, 1.165) is 0 Å². The largest absolute Gasteiger partial charge is 0.508 e. The number of hydrogen-bond acceptors (Lipinski definition) is 3. The molecule has 1 aliphatic heterocycles. The molecule has 0 aromatic heterocycles. The molecule has 136 valence electrons. The van der Waals surface area contributed by atoms with Crippen LogP contribution in [0.1, 0.15) is 33.6 Å². The van der Waals surface area contributed by atoms with E-state index in [9.17, 15) is 14.7 Å². The second-order valence-electron chi connectivity index (χ2n) is 6.21. The zero-order chi connectivity index (χ0) is 18.7. The molecule has 2 amide bonds. The average molecular weight is 393 g/mol. The first-order valence-electron chi connectivity index (χ1n) is 8.28. The molecular formula is C19H18Cl2N2O3. The van der Waals surface area contributed by atoms with E-state index in [0.29, 0.717) is 47.1 Å². The number of aromatic hydroxyl groups is 1. The Labute approximate surface area is 161 Å². The number of carbonyl (C=O) groups is 2. The molecule has 1 saturated heterocycles. The third-order valence-corrected chi connectivity index (χ3v) is 4.95. The van der Waals surface area contributed by atoms with E-state index in [1.807, 2.05) is 0 Å². The second kappa shape index (κ2) is 7.98. The van der Waals surface area contributed by atoms with Crippen LogP contribution in [0.3, 0.4) is 0 Å². The van der Waals surface area contributed by atoms with Crippen LogP contribution in [0.25, 0.3) is 0 Å². The van der Waals surface area contributed by atoms with Gasteiger partial charge in [0.1, 0.15) is 5.75 Å². The molecule has 0 radical (unpaired) electrons. The first-order chi connectivity index (χ1) is 12.4. The summed E-state index contributed by atoms with van der Waals surface area (Å²) in [4.78, 5) is 26.6. The van der Waals surface area contributed by atoms with Gasteiger partial charge < -0.3 is 15.3 Å². The van der Waals surface area contributed by atoms with Crippen molar-refractivity contribution >= 4 is 35.0 Å². The molecule has 3 rings (SSSR count). The Hall–Kier alpha value is -2.24. The summed E-state index contributed by atoms with van der Waals surface area (Å²) in [7, 11) is 0. The quantitative estimate of drug-likeness (QED) is 0.835. The van der Waals surface area contributed by atoms with Gasteiger partial charge in [0.15, 0.2) is 0 Å². The molecule has 0 unspecified atom stereocenters. The summed E-state index contributed by atoms with van der Waals surface area (Å²) in [5, 5.41) is 13.3. The monoisotopic (exact) mass is 392 g/mol. The minimum absolute atomic E-state index is 0.0243. The van der Waals surface area contributed by atoms with Crippen molar-refractivity contribution < 1.29 is 14.7 Å². The van der Waals surface area contributed by atoms with Gasteiger partial charge >= 0.3 is 0 Å². The van der Waals surface area contributed by atoms with Crippen LogP contribution in [0.4, 0.5) is 0 Å². The number of nitrogens with one attached hydrogen (secondary N) is 1. The molecule has 0 aliphatic carbocycles. The smallest absolute Gasteiger partial charge is 0.255 e. The maximum absolute atomic E-state index is 12.6. The Bertz CT molecular complexity index is 833. The van der Waals surface area contributed by atoms with Gasteiger partial charge in [0.2, 0.25) is 0 Å². The molecular weight excluding hydrogens is 375 g/mol. The van der Waals surface area contributed by atoms with Crippen molar-refractivity contribution in [3.8, 4) is 5.75 Å². The van der Waals surface area contributed by atoms with Crippen molar-refractivity contribution in [2.24, 2.45) is 0 Å². The van der Waals surface area contributed by atoms with E-state index in [1.165, 1.54) is 12.1 Å². The number of phenols is 1. The van der Waals surface area contributed by atoms with E-state index in [4.69, 9.17) is 23.2 Å². The lowest BCUT2D eigenvalue weighted by Gasteiger charge is -2.32. The SMILES string of the molecule is O=C(NC1CCN(C(=O)c2cc(Cl)ccc2Cl)CC1)c1cccc(O)c1. The zero-order valence-electron chi connectivity index (χ0n) is 13.9. The zero-order valence-corrected chi connectivity index (χ0v) is 15.4. The highest BCUT2D eigenvalue weighted by Gasteiger charge is 2.26. The van der Waals surface area contributed by atoms with Gasteiger partial charge in [-0.1, -0.05) is 29.3 Å². The van der Waals surface area contributed by atoms with Crippen LogP contribution < -0.4 is 5.32 Å². The van der Waals surface area contributed by atoms with Crippen LogP contribution in [0.15, 0.2) is 42.5 Å². The standard InChI is InChI=1S/C19H18Cl2N2O3/c20-13-4-5-17(21)16(11-13)19(26)23-8-6-14(7-9-23)22-18(25)12-2-1-3-15(24)10-12/h1-5,10-11,14,24H,6-9H2,(H,22,25). The van der Waals surface area contributed by atoms with E-state index in [-0.39, 0.29) is 23.6 Å². The van der Waals surface area contributed by atoms with Gasteiger partial charge in [-0.25, -0.2) is 0 Å². The molecule has 0 atom stereocenters. The summed E-state index contributed by atoms with van der Waals surface area (Å²) in [6.07, 6.45) is 1.29. The molecule has 0 bridgehead atoms. The minimum Gasteiger partial charge on any atom is -0.508 e. The third kappa shape index (κ3) is 4.29.